The van der Waals surface area contributed by atoms with E-state index in [9.17, 15) is 0 Å². The fraction of sp³-hybridized carbons (Fsp3) is 0.556. The van der Waals surface area contributed by atoms with Crippen molar-refractivity contribution in [3.8, 4) is 0 Å². The topological polar surface area (TPSA) is 39.7 Å². The second-order valence-corrected chi connectivity index (χ2v) is 8.11. The monoisotopic (exact) mass is 337 g/mol. The highest BCUT2D eigenvalue weighted by molar-refractivity contribution is 6.60. The highest BCUT2D eigenvalue weighted by Gasteiger charge is 2.41. The summed E-state index contributed by atoms with van der Waals surface area (Å²) < 4.78 is 18.3. The molecule has 4 nitrogen and oxygen atoms in total. The molecule has 1 N–H and O–H groups in total. The van der Waals surface area contributed by atoms with Crippen molar-refractivity contribution in [3.05, 3.63) is 48.7 Å². The molecular weight excluding hydrogens is 306 g/mol. The molecule has 1 aromatic rings. The predicted octanol–water partition coefficient (Wildman–Crippen LogP) is 3.77. The van der Waals surface area contributed by atoms with E-state index in [0.29, 0.717) is 13.2 Å². The molecule has 0 aliphatic rings. The molecule has 0 radical (unpaired) electrons. The molecule has 0 heterocycles. The quantitative estimate of drug-likeness (QED) is 0.439. The Labute approximate surface area is 142 Å². The molecule has 0 aliphatic carbocycles. The van der Waals surface area contributed by atoms with Crippen LogP contribution in [0.15, 0.2) is 43.1 Å². The minimum Gasteiger partial charge on any atom is -0.391 e. The summed E-state index contributed by atoms with van der Waals surface area (Å²) in [6.07, 6.45) is 3.58. The van der Waals surface area contributed by atoms with E-state index in [-0.39, 0.29) is 6.10 Å². The van der Waals surface area contributed by atoms with Crippen molar-refractivity contribution in [1.29, 1.82) is 0 Å². The van der Waals surface area contributed by atoms with Crippen molar-refractivity contribution in [2.75, 3.05) is 19.8 Å². The maximum Gasteiger partial charge on any atom is 0.501 e. The lowest BCUT2D eigenvalue weighted by Crippen LogP contribution is -2.48. The van der Waals surface area contributed by atoms with Gasteiger partial charge in [0, 0.05) is 25.8 Å². The third-order valence-electron chi connectivity index (χ3n) is 3.42. The first-order chi connectivity index (χ1) is 11.2. The lowest BCUT2D eigenvalue weighted by Gasteiger charge is -2.32. The second-order valence-electron chi connectivity index (χ2n) is 5.43. The minimum absolute atomic E-state index is 0.0644. The third-order valence-corrected chi connectivity index (χ3v) is 6.61. The molecule has 0 amide bonds. The van der Waals surface area contributed by atoms with E-state index in [4.69, 9.17) is 13.3 Å². The molecule has 1 unspecified atom stereocenters. The molecule has 0 aromatic heterocycles. The summed E-state index contributed by atoms with van der Waals surface area (Å²) in [6, 6.07) is 11.2. The smallest absolute Gasteiger partial charge is 0.391 e. The Morgan fingerprint density at radius 3 is 2.39 bits per heavy atom. The highest BCUT2D eigenvalue weighted by Crippen LogP contribution is 2.21. The van der Waals surface area contributed by atoms with E-state index in [2.05, 4.69) is 43.1 Å². The van der Waals surface area contributed by atoms with Crippen LogP contribution >= 0.6 is 0 Å². The summed E-state index contributed by atoms with van der Waals surface area (Å²) in [6.45, 7) is 11.8. The van der Waals surface area contributed by atoms with Crippen molar-refractivity contribution in [1.82, 2.24) is 5.32 Å². The molecule has 0 saturated heterocycles. The Morgan fingerprint density at radius 2 is 1.83 bits per heavy atom. The Kier molecular flexibility index (Phi) is 9.87. The van der Waals surface area contributed by atoms with Gasteiger partial charge in [-0.15, -0.1) is 0 Å². The fourth-order valence-electron chi connectivity index (χ4n) is 2.56. The summed E-state index contributed by atoms with van der Waals surface area (Å²) in [7, 11) is -2.64. The van der Waals surface area contributed by atoms with Gasteiger partial charge in [0.15, 0.2) is 0 Å². The van der Waals surface area contributed by atoms with Crippen LogP contribution < -0.4 is 5.32 Å². The van der Waals surface area contributed by atoms with Gasteiger partial charge in [-0.25, -0.2) is 0 Å². The molecule has 1 rings (SSSR count). The normalized spacial score (nSPS) is 12.8. The Balaban J connectivity index is 2.66. The van der Waals surface area contributed by atoms with Crippen LogP contribution in [-0.2, 0) is 19.7 Å². The van der Waals surface area contributed by atoms with Crippen LogP contribution in [0.4, 0.5) is 0 Å². The van der Waals surface area contributed by atoms with Crippen molar-refractivity contribution < 1.29 is 13.3 Å². The fourth-order valence-corrected chi connectivity index (χ4v) is 5.37. The standard InChI is InChI=1S/C18H31NO3Si/c1-5-19-14-11-15-23(20-6-2,21-7-3)22-17(4)16-18-12-9-8-10-13-18/h5,8-10,12-13,17,19H,1,6-7,11,14-16H2,2-4H3. The largest absolute Gasteiger partial charge is 0.501 e. The Hall–Kier alpha value is -1.14. The van der Waals surface area contributed by atoms with Gasteiger partial charge in [-0.1, -0.05) is 36.9 Å². The highest BCUT2D eigenvalue weighted by atomic mass is 28.4. The first-order valence-corrected chi connectivity index (χ1v) is 10.4. The van der Waals surface area contributed by atoms with Gasteiger partial charge in [-0.05, 0) is 45.4 Å². The number of rotatable bonds is 13. The minimum atomic E-state index is -2.64. The molecule has 130 valence electrons. The second kappa shape index (κ2) is 11.4. The van der Waals surface area contributed by atoms with Crippen LogP contribution in [0.5, 0.6) is 0 Å². The number of nitrogens with one attached hydrogen (secondary N) is 1. The molecule has 0 saturated carbocycles. The van der Waals surface area contributed by atoms with E-state index in [0.717, 1.165) is 25.4 Å². The molecule has 0 spiro atoms. The van der Waals surface area contributed by atoms with Gasteiger partial charge >= 0.3 is 8.80 Å². The zero-order chi connectivity index (χ0) is 17.0. The third kappa shape index (κ3) is 7.79. The summed E-state index contributed by atoms with van der Waals surface area (Å²) in [5.74, 6) is 0. The molecule has 5 heteroatoms. The molecule has 0 aliphatic heterocycles. The van der Waals surface area contributed by atoms with Crippen LogP contribution in [0.1, 0.15) is 32.8 Å². The molecule has 1 aromatic carbocycles. The van der Waals surface area contributed by atoms with Gasteiger partial charge in [-0.2, -0.15) is 0 Å². The van der Waals surface area contributed by atoms with Crippen LogP contribution in [0.25, 0.3) is 0 Å². The van der Waals surface area contributed by atoms with E-state index in [1.54, 1.807) is 6.20 Å². The zero-order valence-corrected chi connectivity index (χ0v) is 15.7. The number of hydrogen-bond donors (Lipinski definition) is 1. The van der Waals surface area contributed by atoms with Crippen LogP contribution in [0.2, 0.25) is 6.04 Å². The van der Waals surface area contributed by atoms with Gasteiger partial charge in [-0.3, -0.25) is 0 Å². The van der Waals surface area contributed by atoms with E-state index >= 15 is 0 Å². The molecule has 23 heavy (non-hydrogen) atoms. The zero-order valence-electron chi connectivity index (χ0n) is 14.7. The van der Waals surface area contributed by atoms with Gasteiger partial charge in [0.2, 0.25) is 0 Å². The maximum atomic E-state index is 6.34. The van der Waals surface area contributed by atoms with Crippen molar-refractivity contribution >= 4 is 8.80 Å². The van der Waals surface area contributed by atoms with Crippen molar-refractivity contribution in [2.24, 2.45) is 0 Å². The molecule has 0 fully saturated rings. The van der Waals surface area contributed by atoms with E-state index in [1.807, 2.05) is 19.9 Å². The lowest BCUT2D eigenvalue weighted by atomic mass is 10.1. The summed E-state index contributed by atoms with van der Waals surface area (Å²) in [5.41, 5.74) is 1.27. The van der Waals surface area contributed by atoms with Crippen molar-refractivity contribution in [3.63, 3.8) is 0 Å². The predicted molar refractivity (Wildman–Crippen MR) is 97.3 cm³/mol. The van der Waals surface area contributed by atoms with E-state index in [1.165, 1.54) is 5.56 Å². The van der Waals surface area contributed by atoms with Gasteiger partial charge in [0.25, 0.3) is 0 Å². The average Bonchev–Trinajstić information content (AvgIpc) is 2.53. The maximum absolute atomic E-state index is 6.34. The number of benzene rings is 1. The van der Waals surface area contributed by atoms with Gasteiger partial charge in [0.1, 0.15) is 0 Å². The Morgan fingerprint density at radius 1 is 1.17 bits per heavy atom. The van der Waals surface area contributed by atoms with E-state index < -0.39 is 8.80 Å². The van der Waals surface area contributed by atoms with Crippen LogP contribution in [0.3, 0.4) is 0 Å². The Bertz CT molecular complexity index is 422. The average molecular weight is 338 g/mol. The van der Waals surface area contributed by atoms with Gasteiger partial charge in [0.05, 0.1) is 6.10 Å². The molecule has 0 bridgehead atoms. The first-order valence-electron chi connectivity index (χ1n) is 8.49. The van der Waals surface area contributed by atoms with Gasteiger partial charge < -0.3 is 18.6 Å². The van der Waals surface area contributed by atoms with Crippen LogP contribution in [-0.4, -0.2) is 34.7 Å². The molecular formula is C18H31NO3Si. The molecule has 1 atom stereocenters. The SMILES string of the molecule is C=CNCCC[Si](OCC)(OCC)OC(C)Cc1ccccc1. The lowest BCUT2D eigenvalue weighted by molar-refractivity contribution is 0.0382. The first kappa shape index (κ1) is 19.9. The van der Waals surface area contributed by atoms with Crippen LogP contribution in [0, 0.1) is 0 Å². The number of hydrogen-bond acceptors (Lipinski definition) is 4. The summed E-state index contributed by atoms with van der Waals surface area (Å²) in [4.78, 5) is 0. The summed E-state index contributed by atoms with van der Waals surface area (Å²) >= 11 is 0. The van der Waals surface area contributed by atoms with Crippen molar-refractivity contribution in [2.45, 2.75) is 45.8 Å². The summed E-state index contributed by atoms with van der Waals surface area (Å²) in [5, 5.41) is 3.12.